The van der Waals surface area contributed by atoms with Gasteiger partial charge in [-0.3, -0.25) is 10.1 Å². The van der Waals surface area contributed by atoms with E-state index in [1.807, 2.05) is 0 Å². The lowest BCUT2D eigenvalue weighted by molar-refractivity contribution is -0.386. The van der Waals surface area contributed by atoms with Crippen molar-refractivity contribution in [2.75, 3.05) is 0 Å². The molecule has 0 saturated heterocycles. The highest BCUT2D eigenvalue weighted by Gasteiger charge is 2.26. The summed E-state index contributed by atoms with van der Waals surface area (Å²) in [5.74, 6) is 0. The number of para-hydroxylation sites is 1. The third-order valence-electron chi connectivity index (χ3n) is 2.59. The van der Waals surface area contributed by atoms with Gasteiger partial charge in [-0.2, -0.15) is 0 Å². The Hall–Kier alpha value is -2.44. The van der Waals surface area contributed by atoms with Crippen LogP contribution in [0, 0.1) is 17.0 Å². The van der Waals surface area contributed by atoms with Gasteiger partial charge in [0.2, 0.25) is 0 Å². The van der Waals surface area contributed by atoms with Crippen LogP contribution in [-0.4, -0.2) is 22.9 Å². The number of nitrogens with zero attached hydrogens (tertiary/aromatic N) is 1. The summed E-state index contributed by atoms with van der Waals surface area (Å²) in [6.07, 6.45) is -0.374. The summed E-state index contributed by atoms with van der Waals surface area (Å²) in [7, 11) is 0. The Bertz CT molecular complexity index is 563. The van der Waals surface area contributed by atoms with Crippen molar-refractivity contribution in [2.24, 2.45) is 0 Å². The molecule has 0 spiro atoms. The van der Waals surface area contributed by atoms with Crippen molar-refractivity contribution >= 4 is 18.1 Å². The fourth-order valence-electron chi connectivity index (χ4n) is 1.80. The predicted molar refractivity (Wildman–Crippen MR) is 76.0 cm³/mol. The molecule has 7 nitrogen and oxygen atoms in total. The van der Waals surface area contributed by atoms with Crippen LogP contribution < -0.4 is 5.32 Å². The lowest BCUT2D eigenvalue weighted by Gasteiger charge is -2.21. The Morgan fingerprint density at radius 3 is 2.52 bits per heavy atom. The Balaban J connectivity index is 3.07. The fourth-order valence-corrected chi connectivity index (χ4v) is 1.80. The second-order valence-corrected chi connectivity index (χ2v) is 5.53. The lowest BCUT2D eigenvalue weighted by Crippen LogP contribution is -2.35. The topological polar surface area (TPSA) is 98.5 Å². The number of ether oxygens (including phenoxy) is 1. The van der Waals surface area contributed by atoms with Gasteiger partial charge in [0.05, 0.1) is 10.5 Å². The van der Waals surface area contributed by atoms with Gasteiger partial charge in [0.25, 0.3) is 5.69 Å². The van der Waals surface area contributed by atoms with E-state index in [4.69, 9.17) is 4.74 Å². The predicted octanol–water partition coefficient (Wildman–Crippen LogP) is 2.67. The van der Waals surface area contributed by atoms with Gasteiger partial charge in [-0.15, -0.1) is 0 Å². The first-order valence-corrected chi connectivity index (χ1v) is 6.34. The van der Waals surface area contributed by atoms with Crippen molar-refractivity contribution in [2.45, 2.75) is 39.3 Å². The minimum atomic E-state index is -1.14. The molecule has 1 N–H and O–H groups in total. The number of nitro groups is 1. The van der Waals surface area contributed by atoms with Gasteiger partial charge < -0.3 is 14.8 Å². The van der Waals surface area contributed by atoms with Gasteiger partial charge >= 0.3 is 6.09 Å². The van der Waals surface area contributed by atoms with Crippen molar-refractivity contribution < 1.29 is 19.2 Å². The molecule has 1 rings (SSSR count). The highest BCUT2D eigenvalue weighted by atomic mass is 16.6. The van der Waals surface area contributed by atoms with Crippen molar-refractivity contribution in [1.82, 2.24) is 5.32 Å². The highest BCUT2D eigenvalue weighted by molar-refractivity contribution is 5.76. The van der Waals surface area contributed by atoms with Crippen LogP contribution in [0.25, 0.3) is 0 Å². The minimum Gasteiger partial charge on any atom is -0.444 e. The molecule has 1 unspecified atom stereocenters. The lowest BCUT2D eigenvalue weighted by atomic mass is 10.0. The monoisotopic (exact) mass is 294 g/mol. The summed E-state index contributed by atoms with van der Waals surface area (Å²) in [5.41, 5.74) is -0.377. The number of carbonyl (C=O) groups excluding carboxylic acids is 2. The van der Waals surface area contributed by atoms with Crippen LogP contribution in [0.1, 0.15) is 37.9 Å². The number of hydrogen-bond donors (Lipinski definition) is 1. The molecule has 0 saturated carbocycles. The minimum absolute atomic E-state index is 0.126. The third-order valence-corrected chi connectivity index (χ3v) is 2.59. The summed E-state index contributed by atoms with van der Waals surface area (Å²) in [5, 5.41) is 13.5. The van der Waals surface area contributed by atoms with Gasteiger partial charge in [-0.25, -0.2) is 4.79 Å². The number of hydrogen-bond acceptors (Lipinski definition) is 5. The Morgan fingerprint density at radius 2 is 2.05 bits per heavy atom. The first kappa shape index (κ1) is 16.6. The van der Waals surface area contributed by atoms with Crippen LogP contribution in [0.4, 0.5) is 10.5 Å². The van der Waals surface area contributed by atoms with E-state index in [2.05, 4.69) is 5.32 Å². The molecule has 1 atom stereocenters. The molecule has 0 aromatic heterocycles. The van der Waals surface area contributed by atoms with Gasteiger partial charge in [-0.1, -0.05) is 12.1 Å². The Labute approximate surface area is 122 Å². The second-order valence-electron chi connectivity index (χ2n) is 5.53. The number of nitrogens with one attached hydrogen (secondary N) is 1. The van der Waals surface area contributed by atoms with Crippen LogP contribution in [0.15, 0.2) is 18.2 Å². The zero-order chi connectivity index (χ0) is 16.2. The van der Waals surface area contributed by atoms with Gasteiger partial charge in [0.15, 0.2) is 0 Å². The maximum Gasteiger partial charge on any atom is 0.408 e. The fraction of sp³-hybridized carbons (Fsp3) is 0.429. The zero-order valence-corrected chi connectivity index (χ0v) is 12.4. The number of nitro benzene ring substituents is 1. The maximum absolute atomic E-state index is 11.7. The van der Waals surface area contributed by atoms with Crippen LogP contribution in [0.5, 0.6) is 0 Å². The average molecular weight is 294 g/mol. The summed E-state index contributed by atoms with van der Waals surface area (Å²) in [4.78, 5) is 33.5. The summed E-state index contributed by atoms with van der Waals surface area (Å²) < 4.78 is 5.04. The first-order chi connectivity index (χ1) is 9.65. The number of rotatable bonds is 4. The SMILES string of the molecule is Cc1cccc(C(C=O)NC(=O)OC(C)(C)C)c1[N+](=O)[O-]. The van der Waals surface area contributed by atoms with Crippen molar-refractivity contribution in [3.05, 3.63) is 39.4 Å². The van der Waals surface area contributed by atoms with Crippen molar-refractivity contribution in [3.8, 4) is 0 Å². The van der Waals surface area contributed by atoms with Gasteiger partial charge in [0.1, 0.15) is 17.9 Å². The van der Waals surface area contributed by atoms with Gasteiger partial charge in [-0.05, 0) is 33.8 Å². The largest absolute Gasteiger partial charge is 0.444 e. The molecule has 0 heterocycles. The number of alkyl carbamates (subject to hydrolysis) is 1. The van der Waals surface area contributed by atoms with E-state index in [0.717, 1.165) is 0 Å². The molecule has 1 amide bonds. The maximum atomic E-state index is 11.7. The van der Waals surface area contributed by atoms with Crippen LogP contribution >= 0.6 is 0 Å². The van der Waals surface area contributed by atoms with Crippen LogP contribution in [0.2, 0.25) is 0 Å². The first-order valence-electron chi connectivity index (χ1n) is 6.34. The number of aldehydes is 1. The van der Waals surface area contributed by atoms with E-state index in [1.54, 1.807) is 39.8 Å². The van der Waals surface area contributed by atoms with E-state index in [-0.39, 0.29) is 11.3 Å². The molecule has 0 bridgehead atoms. The molecule has 0 radical (unpaired) electrons. The summed E-state index contributed by atoms with van der Waals surface area (Å²) >= 11 is 0. The molecule has 0 fully saturated rings. The van der Waals surface area contributed by atoms with Crippen LogP contribution in [-0.2, 0) is 9.53 Å². The standard InChI is InChI=1S/C14H18N2O5/c1-9-6-5-7-10(12(9)16(19)20)11(8-17)15-13(18)21-14(2,3)4/h5-8,11H,1-4H3,(H,15,18). The highest BCUT2D eigenvalue weighted by Crippen LogP contribution is 2.27. The number of carbonyl (C=O) groups is 2. The molecule has 1 aromatic carbocycles. The summed E-state index contributed by atoms with van der Waals surface area (Å²) in [6.45, 7) is 6.60. The quantitative estimate of drug-likeness (QED) is 0.523. The molecule has 1 aromatic rings. The van der Waals surface area contributed by atoms with Gasteiger partial charge in [0, 0.05) is 5.56 Å². The van der Waals surface area contributed by atoms with Crippen molar-refractivity contribution in [1.29, 1.82) is 0 Å². The molecule has 0 aliphatic carbocycles. The molecule has 0 aliphatic heterocycles. The molecule has 21 heavy (non-hydrogen) atoms. The number of amides is 1. The average Bonchev–Trinajstić information content (AvgIpc) is 2.32. The van der Waals surface area contributed by atoms with E-state index in [9.17, 15) is 19.7 Å². The van der Waals surface area contributed by atoms with Crippen LogP contribution in [0.3, 0.4) is 0 Å². The Morgan fingerprint density at radius 1 is 1.43 bits per heavy atom. The zero-order valence-electron chi connectivity index (χ0n) is 12.4. The third kappa shape index (κ3) is 4.55. The molecular weight excluding hydrogens is 276 g/mol. The number of benzene rings is 1. The normalized spacial score (nSPS) is 12.4. The smallest absolute Gasteiger partial charge is 0.408 e. The second kappa shape index (κ2) is 6.34. The Kier molecular flexibility index (Phi) is 5.02. The van der Waals surface area contributed by atoms with Crippen molar-refractivity contribution in [3.63, 3.8) is 0 Å². The van der Waals surface area contributed by atoms with E-state index in [1.165, 1.54) is 6.07 Å². The number of aryl methyl sites for hydroxylation is 1. The molecular formula is C14H18N2O5. The molecule has 114 valence electrons. The van der Waals surface area contributed by atoms with E-state index in [0.29, 0.717) is 11.8 Å². The van der Waals surface area contributed by atoms with E-state index < -0.39 is 22.7 Å². The van der Waals surface area contributed by atoms with E-state index >= 15 is 0 Å². The molecule has 0 aliphatic rings. The summed E-state index contributed by atoms with van der Waals surface area (Å²) in [6, 6.07) is 3.45. The molecule has 7 heteroatoms.